The van der Waals surface area contributed by atoms with Gasteiger partial charge in [0.05, 0.1) is 7.11 Å². The number of hydrogen-bond donors (Lipinski definition) is 2. The van der Waals surface area contributed by atoms with Gasteiger partial charge in [-0.2, -0.15) is 0 Å². The van der Waals surface area contributed by atoms with Crippen LogP contribution in [0.25, 0.3) is 0 Å². The SMILES string of the molecule is COC(=O)[C@@H]1CCCN(C(=O)[C@H](CN2CCC(F)=C(Br)C2)NC(=O)OC(C)(C)C)N1. The molecule has 2 aliphatic rings. The minimum atomic E-state index is -0.940. The van der Waals surface area contributed by atoms with Crippen molar-refractivity contribution in [2.45, 2.75) is 57.7 Å². The van der Waals surface area contributed by atoms with Crippen LogP contribution >= 0.6 is 15.9 Å². The molecule has 0 radical (unpaired) electrons. The first-order valence-electron chi connectivity index (χ1n) is 9.90. The van der Waals surface area contributed by atoms with Crippen molar-refractivity contribution in [3.05, 3.63) is 10.3 Å². The lowest BCUT2D eigenvalue weighted by atomic mass is 10.1. The molecule has 2 rings (SSSR count). The van der Waals surface area contributed by atoms with Crippen molar-refractivity contribution < 1.29 is 28.2 Å². The second kappa shape index (κ2) is 10.5. The van der Waals surface area contributed by atoms with Crippen molar-refractivity contribution >= 4 is 33.9 Å². The molecule has 0 aromatic heterocycles. The predicted molar refractivity (Wildman–Crippen MR) is 111 cm³/mol. The zero-order chi connectivity index (χ0) is 22.5. The molecule has 0 aromatic rings. The van der Waals surface area contributed by atoms with E-state index in [1.165, 1.54) is 12.1 Å². The first-order chi connectivity index (χ1) is 14.0. The van der Waals surface area contributed by atoms with Crippen LogP contribution in [-0.2, 0) is 19.1 Å². The predicted octanol–water partition coefficient (Wildman–Crippen LogP) is 1.83. The molecule has 170 valence electrons. The number of nitrogens with zero attached hydrogens (tertiary/aromatic N) is 2. The maximum Gasteiger partial charge on any atom is 0.408 e. The van der Waals surface area contributed by atoms with Crippen LogP contribution in [0, 0.1) is 0 Å². The maximum absolute atomic E-state index is 13.7. The highest BCUT2D eigenvalue weighted by atomic mass is 79.9. The van der Waals surface area contributed by atoms with Crippen LogP contribution in [0.1, 0.15) is 40.0 Å². The number of carbonyl (C=O) groups is 3. The Kier molecular flexibility index (Phi) is 8.62. The zero-order valence-corrected chi connectivity index (χ0v) is 19.4. The summed E-state index contributed by atoms with van der Waals surface area (Å²) in [5, 5.41) is 3.96. The number of rotatable bonds is 5. The number of esters is 1. The summed E-state index contributed by atoms with van der Waals surface area (Å²) < 4.78 is 24.2. The second-order valence-electron chi connectivity index (χ2n) is 8.33. The molecule has 0 saturated carbocycles. The molecule has 1 fully saturated rings. The molecule has 0 aliphatic carbocycles. The minimum absolute atomic E-state index is 0.168. The van der Waals surface area contributed by atoms with Crippen molar-refractivity contribution in [2.75, 3.05) is 33.3 Å². The molecule has 1 saturated heterocycles. The van der Waals surface area contributed by atoms with Gasteiger partial charge >= 0.3 is 12.1 Å². The molecule has 2 heterocycles. The Morgan fingerprint density at radius 1 is 1.33 bits per heavy atom. The lowest BCUT2D eigenvalue weighted by molar-refractivity contribution is -0.150. The molecular weight excluding hydrogens is 463 g/mol. The lowest BCUT2D eigenvalue weighted by Gasteiger charge is -2.36. The van der Waals surface area contributed by atoms with Gasteiger partial charge in [0.15, 0.2) is 0 Å². The Morgan fingerprint density at radius 3 is 2.63 bits per heavy atom. The van der Waals surface area contributed by atoms with Gasteiger partial charge in [0.2, 0.25) is 0 Å². The average molecular weight is 493 g/mol. The van der Waals surface area contributed by atoms with E-state index in [0.29, 0.717) is 37.0 Å². The van der Waals surface area contributed by atoms with Gasteiger partial charge in [-0.25, -0.2) is 14.6 Å². The van der Waals surface area contributed by atoms with E-state index in [2.05, 4.69) is 26.7 Å². The zero-order valence-electron chi connectivity index (χ0n) is 17.8. The van der Waals surface area contributed by atoms with E-state index in [-0.39, 0.29) is 18.8 Å². The third-order valence-corrected chi connectivity index (χ3v) is 5.35. The van der Waals surface area contributed by atoms with Gasteiger partial charge in [-0.05, 0) is 33.6 Å². The normalized spacial score (nSPS) is 21.8. The van der Waals surface area contributed by atoms with Crippen LogP contribution in [0.5, 0.6) is 0 Å². The Morgan fingerprint density at radius 2 is 2.03 bits per heavy atom. The number of ether oxygens (including phenoxy) is 2. The van der Waals surface area contributed by atoms with Crippen LogP contribution in [0.4, 0.5) is 9.18 Å². The van der Waals surface area contributed by atoms with Crippen molar-refractivity contribution in [3.63, 3.8) is 0 Å². The van der Waals surface area contributed by atoms with Crippen LogP contribution in [0.2, 0.25) is 0 Å². The van der Waals surface area contributed by atoms with Gasteiger partial charge < -0.3 is 14.8 Å². The molecule has 2 amide bonds. The number of hydrogen-bond acceptors (Lipinski definition) is 7. The lowest BCUT2D eigenvalue weighted by Crippen LogP contribution is -2.62. The van der Waals surface area contributed by atoms with Gasteiger partial charge in [0.1, 0.15) is 23.5 Å². The quantitative estimate of drug-likeness (QED) is 0.564. The molecule has 30 heavy (non-hydrogen) atoms. The molecule has 9 nitrogen and oxygen atoms in total. The van der Waals surface area contributed by atoms with Crippen molar-refractivity contribution in [2.24, 2.45) is 0 Å². The molecule has 2 N–H and O–H groups in total. The summed E-state index contributed by atoms with van der Waals surface area (Å²) in [7, 11) is 1.29. The van der Waals surface area contributed by atoms with Gasteiger partial charge in [0, 0.05) is 37.1 Å². The first kappa shape index (κ1) is 24.5. The molecule has 2 atom stereocenters. The first-order valence-corrected chi connectivity index (χ1v) is 10.7. The maximum atomic E-state index is 13.7. The van der Waals surface area contributed by atoms with Crippen LogP contribution in [0.15, 0.2) is 10.3 Å². The molecule has 11 heteroatoms. The number of amides is 2. The Hall–Kier alpha value is -1.72. The number of methoxy groups -OCH3 is 1. The highest BCUT2D eigenvalue weighted by molar-refractivity contribution is 9.11. The van der Waals surface area contributed by atoms with Gasteiger partial charge in [0.25, 0.3) is 5.91 Å². The van der Waals surface area contributed by atoms with E-state index in [4.69, 9.17) is 9.47 Å². The smallest absolute Gasteiger partial charge is 0.408 e. The molecule has 0 unspecified atom stereocenters. The van der Waals surface area contributed by atoms with E-state index in [0.717, 1.165) is 0 Å². The summed E-state index contributed by atoms with van der Waals surface area (Å²) in [5.74, 6) is -1.07. The third-order valence-electron chi connectivity index (χ3n) is 4.67. The highest BCUT2D eigenvalue weighted by Crippen LogP contribution is 2.23. The average Bonchev–Trinajstić information content (AvgIpc) is 2.67. The monoisotopic (exact) mass is 492 g/mol. The molecule has 0 aromatic carbocycles. The summed E-state index contributed by atoms with van der Waals surface area (Å²) >= 11 is 3.21. The van der Waals surface area contributed by atoms with Crippen LogP contribution in [0.3, 0.4) is 0 Å². The number of alkyl carbamates (subject to hydrolysis) is 1. The van der Waals surface area contributed by atoms with E-state index in [1.54, 1.807) is 20.8 Å². The Labute approximate surface area is 184 Å². The standard InChI is InChI=1S/C19H30BrFN4O5/c1-19(2,3)30-18(28)22-15(11-24-9-7-13(21)12(20)10-24)16(26)25-8-5-6-14(23-25)17(27)29-4/h14-15,23H,5-11H2,1-4H3,(H,22,28)/t14-,15-/m0/s1. The van der Waals surface area contributed by atoms with Crippen molar-refractivity contribution in [1.82, 2.24) is 20.7 Å². The summed E-state index contributed by atoms with van der Waals surface area (Å²) in [6, 6.07) is -1.57. The van der Waals surface area contributed by atoms with Gasteiger partial charge in [-0.15, -0.1) is 0 Å². The number of hydrazine groups is 1. The van der Waals surface area contributed by atoms with Crippen LogP contribution < -0.4 is 10.7 Å². The summed E-state index contributed by atoms with van der Waals surface area (Å²) in [5.41, 5.74) is 2.15. The number of halogens is 2. The third kappa shape index (κ3) is 7.21. The summed E-state index contributed by atoms with van der Waals surface area (Å²) in [4.78, 5) is 39.3. The second-order valence-corrected chi connectivity index (χ2v) is 9.29. The van der Waals surface area contributed by atoms with E-state index in [1.807, 2.05) is 4.90 Å². The molecular formula is C19H30BrFN4O5. The van der Waals surface area contributed by atoms with Gasteiger partial charge in [-0.1, -0.05) is 15.9 Å². The molecule has 0 bridgehead atoms. The van der Waals surface area contributed by atoms with Crippen molar-refractivity contribution in [3.8, 4) is 0 Å². The van der Waals surface area contributed by atoms with Crippen molar-refractivity contribution in [1.29, 1.82) is 0 Å². The fourth-order valence-electron chi connectivity index (χ4n) is 3.25. The molecule has 0 spiro atoms. The Balaban J connectivity index is 2.12. The topological polar surface area (TPSA) is 100 Å². The summed E-state index contributed by atoms with van der Waals surface area (Å²) in [6.45, 7) is 6.45. The summed E-state index contributed by atoms with van der Waals surface area (Å²) in [6.07, 6.45) is 0.658. The minimum Gasteiger partial charge on any atom is -0.468 e. The van der Waals surface area contributed by atoms with E-state index in [9.17, 15) is 18.8 Å². The van der Waals surface area contributed by atoms with E-state index < -0.39 is 35.7 Å². The highest BCUT2D eigenvalue weighted by Gasteiger charge is 2.35. The van der Waals surface area contributed by atoms with E-state index >= 15 is 0 Å². The number of carbonyl (C=O) groups excluding carboxylic acids is 3. The fraction of sp³-hybridized carbons (Fsp3) is 0.737. The number of nitrogens with one attached hydrogen (secondary N) is 2. The largest absolute Gasteiger partial charge is 0.468 e. The molecule has 2 aliphatic heterocycles. The van der Waals surface area contributed by atoms with Gasteiger partial charge in [-0.3, -0.25) is 19.5 Å². The fourth-order valence-corrected chi connectivity index (χ4v) is 3.80. The Bertz CT molecular complexity index is 697. The van der Waals surface area contributed by atoms with Crippen LogP contribution in [-0.4, -0.2) is 78.9 Å².